The summed E-state index contributed by atoms with van der Waals surface area (Å²) < 4.78 is 43.3. The monoisotopic (exact) mass is 331 g/mol. The lowest BCUT2D eigenvalue weighted by atomic mass is 10.1. The van der Waals surface area contributed by atoms with Crippen molar-refractivity contribution in [1.29, 1.82) is 0 Å². The number of carboxylic acids is 1. The number of anilines is 1. The highest BCUT2D eigenvalue weighted by Gasteiger charge is 2.31. The van der Waals surface area contributed by atoms with E-state index in [9.17, 15) is 22.8 Å². The van der Waals surface area contributed by atoms with Crippen molar-refractivity contribution >= 4 is 23.8 Å². The van der Waals surface area contributed by atoms with Gasteiger partial charge in [-0.1, -0.05) is 6.07 Å². The minimum absolute atomic E-state index is 0.103. The summed E-state index contributed by atoms with van der Waals surface area (Å²) in [7, 11) is 0. The van der Waals surface area contributed by atoms with Crippen LogP contribution in [-0.2, 0) is 15.7 Å². The first-order valence-electron chi connectivity index (χ1n) is 6.51. The summed E-state index contributed by atoms with van der Waals surface area (Å²) >= 11 is 0. The first-order chi connectivity index (χ1) is 10.4. The molecule has 0 radical (unpaired) electrons. The molecule has 0 atom stereocenters. The average molecular weight is 331 g/mol. The van der Waals surface area contributed by atoms with E-state index in [2.05, 4.69) is 5.32 Å². The molecule has 0 saturated heterocycles. The molecule has 0 fully saturated rings. The number of ether oxygens (including phenoxy) is 1. The molecule has 0 unspecified atom stereocenters. The number of aliphatic carboxylic acids is 1. The third-order valence-corrected chi connectivity index (χ3v) is 2.42. The van der Waals surface area contributed by atoms with Gasteiger partial charge in [-0.2, -0.15) is 13.2 Å². The number of alkyl halides is 3. The van der Waals surface area contributed by atoms with Gasteiger partial charge in [0.15, 0.2) is 0 Å². The number of carboxylic acid groups (broad SMARTS) is 1. The molecule has 0 aliphatic heterocycles. The van der Waals surface area contributed by atoms with Gasteiger partial charge in [0.2, 0.25) is 0 Å². The number of carbonyl (C=O) groups is 2. The number of carbonyl (C=O) groups excluding carboxylic acids is 1. The van der Waals surface area contributed by atoms with Gasteiger partial charge in [0.1, 0.15) is 5.60 Å². The number of amides is 1. The Hall–Kier alpha value is -2.51. The molecule has 0 bridgehead atoms. The molecule has 1 aromatic carbocycles. The number of halogens is 3. The van der Waals surface area contributed by atoms with Gasteiger partial charge in [-0.15, -0.1) is 0 Å². The highest BCUT2D eigenvalue weighted by atomic mass is 19.4. The van der Waals surface area contributed by atoms with E-state index in [1.165, 1.54) is 0 Å². The topological polar surface area (TPSA) is 75.6 Å². The van der Waals surface area contributed by atoms with Gasteiger partial charge in [0, 0.05) is 6.08 Å². The van der Waals surface area contributed by atoms with E-state index in [-0.39, 0.29) is 11.3 Å². The summed E-state index contributed by atoms with van der Waals surface area (Å²) in [5, 5.41) is 10.8. The molecule has 1 amide bonds. The maximum Gasteiger partial charge on any atom is 0.416 e. The normalized spacial score (nSPS) is 12.3. The van der Waals surface area contributed by atoms with E-state index in [1.54, 1.807) is 20.8 Å². The van der Waals surface area contributed by atoms with Crippen LogP contribution < -0.4 is 5.32 Å². The summed E-state index contributed by atoms with van der Waals surface area (Å²) in [6.45, 7) is 4.80. The summed E-state index contributed by atoms with van der Waals surface area (Å²) in [6, 6.07) is 2.57. The molecule has 0 aliphatic carbocycles. The fraction of sp³-hybridized carbons (Fsp3) is 0.333. The van der Waals surface area contributed by atoms with Crippen molar-refractivity contribution < 1.29 is 32.6 Å². The second-order valence-electron chi connectivity index (χ2n) is 5.60. The van der Waals surface area contributed by atoms with Crippen LogP contribution in [0.15, 0.2) is 24.3 Å². The zero-order valence-corrected chi connectivity index (χ0v) is 12.7. The predicted molar refractivity (Wildman–Crippen MR) is 78.0 cm³/mol. The van der Waals surface area contributed by atoms with Gasteiger partial charge >= 0.3 is 18.2 Å². The van der Waals surface area contributed by atoms with Crippen LogP contribution in [0.3, 0.4) is 0 Å². The van der Waals surface area contributed by atoms with E-state index >= 15 is 0 Å². The van der Waals surface area contributed by atoms with Gasteiger partial charge in [-0.05, 0) is 44.5 Å². The first kappa shape index (κ1) is 18.5. The van der Waals surface area contributed by atoms with Crippen LogP contribution in [0, 0.1) is 0 Å². The minimum atomic E-state index is -4.60. The molecule has 0 heterocycles. The smallest absolute Gasteiger partial charge is 0.416 e. The van der Waals surface area contributed by atoms with E-state index in [4.69, 9.17) is 9.84 Å². The van der Waals surface area contributed by atoms with Gasteiger partial charge in [0.05, 0.1) is 11.3 Å². The summed E-state index contributed by atoms with van der Waals surface area (Å²) in [5.41, 5.74) is -1.91. The van der Waals surface area contributed by atoms with Crippen molar-refractivity contribution in [2.24, 2.45) is 0 Å². The molecule has 126 valence electrons. The molecule has 0 aromatic heterocycles. The quantitative estimate of drug-likeness (QED) is 0.816. The fourth-order valence-electron chi connectivity index (χ4n) is 1.56. The largest absolute Gasteiger partial charge is 0.478 e. The lowest BCUT2D eigenvalue weighted by Gasteiger charge is -2.20. The van der Waals surface area contributed by atoms with Crippen LogP contribution in [0.5, 0.6) is 0 Å². The van der Waals surface area contributed by atoms with Crippen molar-refractivity contribution in [3.05, 3.63) is 35.4 Å². The minimum Gasteiger partial charge on any atom is -0.478 e. The fourth-order valence-corrected chi connectivity index (χ4v) is 1.56. The standard InChI is InChI=1S/C15H16F3NO4/c1-14(2,3)23-13(22)19-11-8-10(15(16,17)18)6-4-9(11)5-7-12(20)21/h4-8H,1-3H3,(H,19,22)(H,20,21)/b7-5+. The van der Waals surface area contributed by atoms with Crippen LogP contribution in [0.4, 0.5) is 23.7 Å². The third-order valence-electron chi connectivity index (χ3n) is 2.42. The Morgan fingerprint density at radius 1 is 1.22 bits per heavy atom. The van der Waals surface area contributed by atoms with Crippen LogP contribution >= 0.6 is 0 Å². The molecule has 5 nitrogen and oxygen atoms in total. The highest BCUT2D eigenvalue weighted by molar-refractivity contribution is 5.91. The van der Waals surface area contributed by atoms with Crippen molar-refractivity contribution in [3.8, 4) is 0 Å². The van der Waals surface area contributed by atoms with Crippen molar-refractivity contribution in [1.82, 2.24) is 0 Å². The molecule has 23 heavy (non-hydrogen) atoms. The van der Waals surface area contributed by atoms with Gasteiger partial charge in [-0.3, -0.25) is 5.32 Å². The molecule has 1 aromatic rings. The molecule has 8 heteroatoms. The van der Waals surface area contributed by atoms with E-state index < -0.39 is 29.4 Å². The zero-order chi connectivity index (χ0) is 17.8. The lowest BCUT2D eigenvalue weighted by molar-refractivity contribution is -0.137. The summed E-state index contributed by atoms with van der Waals surface area (Å²) in [5.74, 6) is -1.27. The van der Waals surface area contributed by atoms with Crippen LogP contribution in [-0.4, -0.2) is 22.8 Å². The Morgan fingerprint density at radius 3 is 2.30 bits per heavy atom. The van der Waals surface area contributed by atoms with E-state index in [0.717, 1.165) is 24.3 Å². The summed E-state index contributed by atoms with van der Waals surface area (Å²) in [4.78, 5) is 22.3. The third kappa shape index (κ3) is 6.41. The molecular formula is C15H16F3NO4. The first-order valence-corrected chi connectivity index (χ1v) is 6.51. The summed E-state index contributed by atoms with van der Waals surface area (Å²) in [6.07, 6.45) is -3.71. The van der Waals surface area contributed by atoms with E-state index in [1.807, 2.05) is 0 Å². The Balaban J connectivity index is 3.17. The molecular weight excluding hydrogens is 315 g/mol. The number of rotatable bonds is 3. The number of hydrogen-bond acceptors (Lipinski definition) is 3. The number of hydrogen-bond donors (Lipinski definition) is 2. The molecule has 0 saturated carbocycles. The van der Waals surface area contributed by atoms with Gasteiger partial charge in [-0.25, -0.2) is 9.59 Å². The SMILES string of the molecule is CC(C)(C)OC(=O)Nc1cc(C(F)(F)F)ccc1/C=C/C(=O)O. The lowest BCUT2D eigenvalue weighted by Crippen LogP contribution is -2.27. The van der Waals surface area contributed by atoms with Crippen molar-refractivity contribution in [2.75, 3.05) is 5.32 Å². The number of nitrogens with one attached hydrogen (secondary N) is 1. The average Bonchev–Trinajstić information content (AvgIpc) is 2.33. The van der Waals surface area contributed by atoms with Crippen molar-refractivity contribution in [3.63, 3.8) is 0 Å². The van der Waals surface area contributed by atoms with Crippen LogP contribution in [0.1, 0.15) is 31.9 Å². The van der Waals surface area contributed by atoms with E-state index in [0.29, 0.717) is 6.07 Å². The van der Waals surface area contributed by atoms with Gasteiger partial charge in [0.25, 0.3) is 0 Å². The zero-order valence-electron chi connectivity index (χ0n) is 12.7. The number of benzene rings is 1. The van der Waals surface area contributed by atoms with Crippen LogP contribution in [0.25, 0.3) is 6.08 Å². The molecule has 2 N–H and O–H groups in total. The Morgan fingerprint density at radius 2 is 1.83 bits per heavy atom. The van der Waals surface area contributed by atoms with Crippen molar-refractivity contribution in [2.45, 2.75) is 32.5 Å². The maximum atomic E-state index is 12.8. The molecule has 0 spiro atoms. The second-order valence-corrected chi connectivity index (χ2v) is 5.60. The molecule has 1 rings (SSSR count). The second kappa shape index (κ2) is 6.72. The Labute approximate surface area is 130 Å². The van der Waals surface area contributed by atoms with Gasteiger partial charge < -0.3 is 9.84 Å². The molecule has 0 aliphatic rings. The Bertz CT molecular complexity index is 631. The highest BCUT2D eigenvalue weighted by Crippen LogP contribution is 2.32. The predicted octanol–water partition coefficient (Wildman–Crippen LogP) is 4.15. The Kier molecular flexibility index (Phi) is 5.42. The van der Waals surface area contributed by atoms with Crippen LogP contribution in [0.2, 0.25) is 0 Å². The maximum absolute atomic E-state index is 12.8.